The van der Waals surface area contributed by atoms with Gasteiger partial charge in [-0.15, -0.1) is 0 Å². The molecule has 1 aliphatic rings. The molecule has 1 unspecified atom stereocenters. The maximum atomic E-state index is 12.1. The quantitative estimate of drug-likeness (QED) is 0.899. The summed E-state index contributed by atoms with van der Waals surface area (Å²) in [6, 6.07) is 2.09. The Morgan fingerprint density at radius 3 is 2.70 bits per heavy atom. The van der Waals surface area contributed by atoms with Crippen LogP contribution in [0.25, 0.3) is 0 Å². The summed E-state index contributed by atoms with van der Waals surface area (Å²) in [6.07, 6.45) is 5.84. The summed E-state index contributed by atoms with van der Waals surface area (Å²) in [5.74, 6) is 0.912. The number of hydrogen-bond acceptors (Lipinski definition) is 2. The van der Waals surface area contributed by atoms with Crippen molar-refractivity contribution in [3.8, 4) is 0 Å². The topological polar surface area (TPSA) is 46.9 Å². The van der Waals surface area contributed by atoms with Crippen LogP contribution in [0.1, 0.15) is 50.4 Å². The van der Waals surface area contributed by atoms with Gasteiger partial charge in [0.1, 0.15) is 0 Å². The van der Waals surface area contributed by atoms with Crippen LogP contribution < -0.4 is 5.32 Å². The molecule has 112 valence electrons. The standard InChI is InChI=1S/C16H27N3O/c1-12(11-19-14(3)9-13(2)18-19)10-17-16(20)15-7-5-4-6-8-15/h9,12,15H,4-8,10-11H2,1-3H3,(H,17,20). The first-order chi connectivity index (χ1) is 9.56. The molecule has 4 heteroatoms. The third-order valence-corrected chi connectivity index (χ3v) is 4.19. The molecule has 1 saturated carbocycles. The summed E-state index contributed by atoms with van der Waals surface area (Å²) in [5.41, 5.74) is 2.24. The number of carbonyl (C=O) groups excluding carboxylic acids is 1. The van der Waals surface area contributed by atoms with Crippen molar-refractivity contribution in [2.45, 2.75) is 59.4 Å². The molecule has 1 heterocycles. The fourth-order valence-electron chi connectivity index (χ4n) is 3.00. The molecule has 1 amide bonds. The number of nitrogens with one attached hydrogen (secondary N) is 1. The van der Waals surface area contributed by atoms with Gasteiger partial charge in [0.15, 0.2) is 0 Å². The van der Waals surface area contributed by atoms with Crippen molar-refractivity contribution >= 4 is 5.91 Å². The number of rotatable bonds is 5. The van der Waals surface area contributed by atoms with Crippen LogP contribution >= 0.6 is 0 Å². The fourth-order valence-corrected chi connectivity index (χ4v) is 3.00. The molecule has 0 spiro atoms. The molecule has 1 N–H and O–H groups in total. The molecule has 0 aliphatic heterocycles. The Balaban J connectivity index is 1.75. The van der Waals surface area contributed by atoms with Gasteiger partial charge in [0, 0.05) is 24.7 Å². The molecule has 1 aliphatic carbocycles. The van der Waals surface area contributed by atoms with Gasteiger partial charge in [0.2, 0.25) is 5.91 Å². The van der Waals surface area contributed by atoms with E-state index < -0.39 is 0 Å². The molecule has 0 aromatic carbocycles. The van der Waals surface area contributed by atoms with Crippen LogP contribution in [0.4, 0.5) is 0 Å². The molecule has 0 radical (unpaired) electrons. The molecule has 1 aromatic rings. The van der Waals surface area contributed by atoms with Crippen LogP contribution in [0.5, 0.6) is 0 Å². The Bertz CT molecular complexity index is 447. The first kappa shape index (κ1) is 15.1. The van der Waals surface area contributed by atoms with E-state index >= 15 is 0 Å². The van der Waals surface area contributed by atoms with Crippen LogP contribution in [-0.2, 0) is 11.3 Å². The molecule has 4 nitrogen and oxygen atoms in total. The van der Waals surface area contributed by atoms with Gasteiger partial charge in [0.25, 0.3) is 0 Å². The van der Waals surface area contributed by atoms with Gasteiger partial charge in [-0.1, -0.05) is 26.2 Å². The lowest BCUT2D eigenvalue weighted by molar-refractivity contribution is -0.126. The minimum Gasteiger partial charge on any atom is -0.356 e. The van der Waals surface area contributed by atoms with Crippen LogP contribution in [0, 0.1) is 25.7 Å². The summed E-state index contributed by atoms with van der Waals surface area (Å²) < 4.78 is 2.03. The summed E-state index contributed by atoms with van der Waals surface area (Å²) in [7, 11) is 0. The molecule has 0 bridgehead atoms. The normalized spacial score (nSPS) is 17.9. The zero-order valence-electron chi connectivity index (χ0n) is 13.0. The van der Waals surface area contributed by atoms with Crippen molar-refractivity contribution in [2.24, 2.45) is 11.8 Å². The van der Waals surface area contributed by atoms with Crippen LogP contribution in [0.3, 0.4) is 0 Å². The largest absolute Gasteiger partial charge is 0.356 e. The number of hydrogen-bond donors (Lipinski definition) is 1. The van der Waals surface area contributed by atoms with Gasteiger partial charge in [-0.3, -0.25) is 9.48 Å². The second-order valence-corrected chi connectivity index (χ2v) is 6.29. The Kier molecular flexibility index (Phi) is 5.21. The maximum Gasteiger partial charge on any atom is 0.223 e. The summed E-state index contributed by atoms with van der Waals surface area (Å²) in [5, 5.41) is 7.59. The lowest BCUT2D eigenvalue weighted by Crippen LogP contribution is -2.35. The summed E-state index contributed by atoms with van der Waals surface area (Å²) in [4.78, 5) is 12.1. The van der Waals surface area contributed by atoms with Crippen molar-refractivity contribution in [1.29, 1.82) is 0 Å². The first-order valence-corrected chi connectivity index (χ1v) is 7.85. The SMILES string of the molecule is Cc1cc(C)n(CC(C)CNC(=O)C2CCCCC2)n1. The number of aromatic nitrogens is 2. The van der Waals surface area contributed by atoms with Crippen molar-refractivity contribution in [2.75, 3.05) is 6.54 Å². The van der Waals surface area contributed by atoms with E-state index in [9.17, 15) is 4.79 Å². The van der Waals surface area contributed by atoms with Crippen molar-refractivity contribution < 1.29 is 4.79 Å². The lowest BCUT2D eigenvalue weighted by Gasteiger charge is -2.22. The Morgan fingerprint density at radius 2 is 2.10 bits per heavy atom. The molecule has 1 atom stereocenters. The molecule has 2 rings (SSSR count). The van der Waals surface area contributed by atoms with E-state index in [4.69, 9.17) is 0 Å². The van der Waals surface area contributed by atoms with E-state index in [1.165, 1.54) is 25.0 Å². The molecular formula is C16H27N3O. The smallest absolute Gasteiger partial charge is 0.223 e. The predicted octanol–water partition coefficient (Wildman–Crippen LogP) is 2.83. The highest BCUT2D eigenvalue weighted by Crippen LogP contribution is 2.23. The molecular weight excluding hydrogens is 250 g/mol. The van der Waals surface area contributed by atoms with Crippen molar-refractivity contribution in [3.05, 3.63) is 17.5 Å². The van der Waals surface area contributed by atoms with E-state index in [1.807, 2.05) is 11.6 Å². The molecule has 20 heavy (non-hydrogen) atoms. The Labute approximate surface area is 121 Å². The van der Waals surface area contributed by atoms with Crippen LogP contribution in [0.2, 0.25) is 0 Å². The highest BCUT2D eigenvalue weighted by molar-refractivity contribution is 5.78. The maximum absolute atomic E-state index is 12.1. The lowest BCUT2D eigenvalue weighted by atomic mass is 9.88. The second-order valence-electron chi connectivity index (χ2n) is 6.29. The van der Waals surface area contributed by atoms with Gasteiger partial charge in [0.05, 0.1) is 5.69 Å². The molecule has 0 saturated heterocycles. The summed E-state index contributed by atoms with van der Waals surface area (Å²) in [6.45, 7) is 7.86. The zero-order chi connectivity index (χ0) is 14.5. The number of carbonyl (C=O) groups is 1. The number of nitrogens with zero attached hydrogens (tertiary/aromatic N) is 2. The van der Waals surface area contributed by atoms with Gasteiger partial charge in [-0.05, 0) is 38.7 Å². The van der Waals surface area contributed by atoms with E-state index in [0.717, 1.165) is 31.6 Å². The van der Waals surface area contributed by atoms with Gasteiger partial charge < -0.3 is 5.32 Å². The predicted molar refractivity (Wildman–Crippen MR) is 80.4 cm³/mol. The number of aryl methyl sites for hydroxylation is 2. The van der Waals surface area contributed by atoms with Crippen molar-refractivity contribution in [1.82, 2.24) is 15.1 Å². The van der Waals surface area contributed by atoms with Gasteiger partial charge in [-0.25, -0.2) is 0 Å². The summed E-state index contributed by atoms with van der Waals surface area (Å²) >= 11 is 0. The van der Waals surface area contributed by atoms with E-state index in [2.05, 4.69) is 30.3 Å². The van der Waals surface area contributed by atoms with Gasteiger partial charge in [-0.2, -0.15) is 5.10 Å². The zero-order valence-corrected chi connectivity index (χ0v) is 13.0. The van der Waals surface area contributed by atoms with E-state index in [0.29, 0.717) is 5.92 Å². The fraction of sp³-hybridized carbons (Fsp3) is 0.750. The Hall–Kier alpha value is -1.32. The average Bonchev–Trinajstić information content (AvgIpc) is 2.75. The highest BCUT2D eigenvalue weighted by atomic mass is 16.1. The second kappa shape index (κ2) is 6.91. The minimum atomic E-state index is 0.254. The van der Waals surface area contributed by atoms with Crippen LogP contribution in [0.15, 0.2) is 6.07 Å². The highest BCUT2D eigenvalue weighted by Gasteiger charge is 2.21. The minimum absolute atomic E-state index is 0.254. The third kappa shape index (κ3) is 4.09. The average molecular weight is 277 g/mol. The van der Waals surface area contributed by atoms with Gasteiger partial charge >= 0.3 is 0 Å². The molecule has 1 aromatic heterocycles. The third-order valence-electron chi connectivity index (χ3n) is 4.19. The first-order valence-electron chi connectivity index (χ1n) is 7.85. The Morgan fingerprint density at radius 1 is 1.40 bits per heavy atom. The van der Waals surface area contributed by atoms with E-state index in [1.54, 1.807) is 0 Å². The molecule has 1 fully saturated rings. The van der Waals surface area contributed by atoms with Crippen molar-refractivity contribution in [3.63, 3.8) is 0 Å². The van der Waals surface area contributed by atoms with E-state index in [-0.39, 0.29) is 11.8 Å². The van der Waals surface area contributed by atoms with Crippen LogP contribution in [-0.4, -0.2) is 22.2 Å². The monoisotopic (exact) mass is 277 g/mol. The number of amides is 1.